The van der Waals surface area contributed by atoms with Gasteiger partial charge in [-0.15, -0.1) is 15.0 Å². The molecule has 9 heteroatoms. The van der Waals surface area contributed by atoms with Gasteiger partial charge in [-0.1, -0.05) is 29.3 Å². The molecule has 1 aliphatic carbocycles. The van der Waals surface area contributed by atoms with Crippen molar-refractivity contribution in [3.05, 3.63) is 82.2 Å². The largest absolute Gasteiger partial charge is 0.322 e. The Labute approximate surface area is 188 Å². The molecule has 3 aromatic rings. The van der Waals surface area contributed by atoms with Crippen LogP contribution in [0.25, 0.3) is 11.6 Å². The van der Waals surface area contributed by atoms with Gasteiger partial charge in [0.2, 0.25) is 6.80 Å². The zero-order valence-corrected chi connectivity index (χ0v) is 18.0. The van der Waals surface area contributed by atoms with Crippen molar-refractivity contribution in [2.75, 3.05) is 5.32 Å². The molecule has 0 bridgehead atoms. The molecule has 1 aromatic heterocycles. The Hall–Kier alpha value is -3.75. The zero-order chi connectivity index (χ0) is 23.4. The zero-order valence-electron chi connectivity index (χ0n) is 18.0. The van der Waals surface area contributed by atoms with Gasteiger partial charge in [0, 0.05) is 5.69 Å². The van der Waals surface area contributed by atoms with E-state index >= 15 is 0 Å². The van der Waals surface area contributed by atoms with Crippen LogP contribution in [0.2, 0.25) is 0 Å². The fourth-order valence-corrected chi connectivity index (χ4v) is 3.84. The van der Waals surface area contributed by atoms with E-state index < -0.39 is 24.3 Å². The highest BCUT2D eigenvalue weighted by molar-refractivity contribution is 6.04. The molecule has 0 aliphatic heterocycles. The van der Waals surface area contributed by atoms with Gasteiger partial charge in [-0.25, -0.2) is 13.2 Å². The van der Waals surface area contributed by atoms with Gasteiger partial charge in [-0.2, -0.15) is 0 Å². The quantitative estimate of drug-likeness (QED) is 0.549. The number of amides is 1. The van der Waals surface area contributed by atoms with Crippen molar-refractivity contribution < 1.29 is 18.0 Å². The smallest absolute Gasteiger partial charge is 0.258 e. The summed E-state index contributed by atoms with van der Waals surface area (Å²) in [4.78, 5) is 13.2. The molecule has 0 atom stereocenters. The monoisotopic (exact) mass is 453 g/mol. The Morgan fingerprint density at radius 1 is 1.09 bits per heavy atom. The van der Waals surface area contributed by atoms with Crippen molar-refractivity contribution in [3.8, 4) is 0 Å². The van der Waals surface area contributed by atoms with E-state index in [-0.39, 0.29) is 5.56 Å². The minimum atomic E-state index is -1.17. The lowest BCUT2D eigenvalue weighted by Crippen LogP contribution is -2.14. The molecular formula is C24H22F3N5O. The summed E-state index contributed by atoms with van der Waals surface area (Å²) >= 11 is 0. The van der Waals surface area contributed by atoms with Crippen LogP contribution in [-0.2, 0) is 6.80 Å². The Balaban J connectivity index is 1.44. The highest BCUT2D eigenvalue weighted by Crippen LogP contribution is 2.34. The van der Waals surface area contributed by atoms with Crippen LogP contribution < -0.4 is 5.32 Å². The van der Waals surface area contributed by atoms with Gasteiger partial charge < -0.3 is 5.32 Å². The number of rotatable bonds is 5. The summed E-state index contributed by atoms with van der Waals surface area (Å²) in [5.74, 6) is -2.54. The third-order valence-electron chi connectivity index (χ3n) is 5.63. The van der Waals surface area contributed by atoms with Gasteiger partial charge in [0.05, 0.1) is 5.56 Å². The Morgan fingerprint density at radius 2 is 1.85 bits per heavy atom. The van der Waals surface area contributed by atoms with E-state index in [4.69, 9.17) is 0 Å². The first-order chi connectivity index (χ1) is 15.9. The summed E-state index contributed by atoms with van der Waals surface area (Å²) in [6.45, 7) is 1.28. The van der Waals surface area contributed by atoms with E-state index in [1.165, 1.54) is 28.9 Å². The highest BCUT2D eigenvalue weighted by atomic mass is 19.2. The number of benzene rings is 2. The van der Waals surface area contributed by atoms with Gasteiger partial charge in [-0.3, -0.25) is 4.79 Å². The SMILES string of the molecule is CC1=C(c2ccc(NC(=O)c3cccc(F)c3F)cc2)CCC(=Cc2nnn(CF)n2)CC1. The van der Waals surface area contributed by atoms with Crippen molar-refractivity contribution in [3.63, 3.8) is 0 Å². The van der Waals surface area contributed by atoms with Crippen LogP contribution in [0.5, 0.6) is 0 Å². The van der Waals surface area contributed by atoms with Crippen LogP contribution >= 0.6 is 0 Å². The van der Waals surface area contributed by atoms with Crippen molar-refractivity contribution in [2.45, 2.75) is 39.4 Å². The number of anilines is 1. The molecule has 1 heterocycles. The minimum Gasteiger partial charge on any atom is -0.322 e. The van der Waals surface area contributed by atoms with E-state index in [0.29, 0.717) is 11.5 Å². The lowest BCUT2D eigenvalue weighted by atomic mass is 9.96. The lowest BCUT2D eigenvalue weighted by Gasteiger charge is -2.11. The number of nitrogens with one attached hydrogen (secondary N) is 1. The maximum absolute atomic E-state index is 13.9. The average molecular weight is 453 g/mol. The van der Waals surface area contributed by atoms with Gasteiger partial charge >= 0.3 is 0 Å². The summed E-state index contributed by atoms with van der Waals surface area (Å²) in [5, 5.41) is 14.0. The average Bonchev–Trinajstić information content (AvgIpc) is 3.19. The van der Waals surface area contributed by atoms with Crippen LogP contribution in [0, 0.1) is 11.6 Å². The number of tetrazole rings is 1. The van der Waals surface area contributed by atoms with Crippen LogP contribution in [0.4, 0.5) is 18.9 Å². The molecule has 1 N–H and O–H groups in total. The molecule has 0 fully saturated rings. The first-order valence-electron chi connectivity index (χ1n) is 10.5. The van der Waals surface area contributed by atoms with E-state index in [0.717, 1.165) is 42.1 Å². The molecule has 0 saturated carbocycles. The summed E-state index contributed by atoms with van der Waals surface area (Å²) in [6, 6.07) is 10.8. The van der Waals surface area contributed by atoms with Gasteiger partial charge in [0.25, 0.3) is 5.91 Å². The molecule has 1 amide bonds. The normalized spacial score (nSPS) is 15.6. The second kappa shape index (κ2) is 9.81. The number of hydrogen-bond acceptors (Lipinski definition) is 4. The summed E-state index contributed by atoms with van der Waals surface area (Å²) in [5.41, 5.74) is 4.82. The topological polar surface area (TPSA) is 72.7 Å². The first-order valence-corrected chi connectivity index (χ1v) is 10.5. The molecule has 0 saturated heterocycles. The number of carbonyl (C=O) groups is 1. The van der Waals surface area contributed by atoms with E-state index in [1.54, 1.807) is 12.1 Å². The van der Waals surface area contributed by atoms with Crippen molar-refractivity contribution in [1.82, 2.24) is 20.2 Å². The van der Waals surface area contributed by atoms with E-state index in [9.17, 15) is 18.0 Å². The fraction of sp³-hybridized carbons (Fsp3) is 0.250. The fourth-order valence-electron chi connectivity index (χ4n) is 3.84. The van der Waals surface area contributed by atoms with Crippen molar-refractivity contribution in [2.24, 2.45) is 0 Å². The third-order valence-corrected chi connectivity index (χ3v) is 5.63. The molecule has 4 rings (SSSR count). The third kappa shape index (κ3) is 5.19. The van der Waals surface area contributed by atoms with Gasteiger partial charge in [-0.05, 0) is 79.3 Å². The van der Waals surface area contributed by atoms with Crippen molar-refractivity contribution >= 4 is 23.2 Å². The second-order valence-corrected chi connectivity index (χ2v) is 7.83. The molecule has 1 aliphatic rings. The maximum Gasteiger partial charge on any atom is 0.258 e. The lowest BCUT2D eigenvalue weighted by molar-refractivity contribution is 0.102. The summed E-state index contributed by atoms with van der Waals surface area (Å²) in [6.07, 6.45) is 5.21. The maximum atomic E-state index is 13.9. The number of aromatic nitrogens is 4. The Morgan fingerprint density at radius 3 is 2.58 bits per heavy atom. The predicted octanol–water partition coefficient (Wildman–Crippen LogP) is 5.56. The number of hydrogen-bond donors (Lipinski definition) is 1. The van der Waals surface area contributed by atoms with Crippen LogP contribution in [0.3, 0.4) is 0 Å². The molecule has 33 heavy (non-hydrogen) atoms. The number of allylic oxidation sites excluding steroid dienone is 3. The summed E-state index contributed by atoms with van der Waals surface area (Å²) < 4.78 is 39.8. The van der Waals surface area contributed by atoms with Crippen molar-refractivity contribution in [1.29, 1.82) is 0 Å². The highest BCUT2D eigenvalue weighted by Gasteiger charge is 2.16. The van der Waals surface area contributed by atoms with Gasteiger partial charge in [0.15, 0.2) is 17.5 Å². The number of nitrogens with zero attached hydrogens (tertiary/aromatic N) is 4. The van der Waals surface area contributed by atoms with Crippen LogP contribution in [0.15, 0.2) is 53.6 Å². The van der Waals surface area contributed by atoms with Crippen LogP contribution in [0.1, 0.15) is 54.4 Å². The predicted molar refractivity (Wildman–Crippen MR) is 119 cm³/mol. The number of carbonyl (C=O) groups excluding carboxylic acids is 1. The molecule has 2 aromatic carbocycles. The van der Waals surface area contributed by atoms with Gasteiger partial charge in [0.1, 0.15) is 0 Å². The molecule has 170 valence electrons. The molecule has 6 nitrogen and oxygen atoms in total. The van der Waals surface area contributed by atoms with E-state index in [1.807, 2.05) is 18.2 Å². The number of halogens is 3. The molecule has 0 spiro atoms. The Kier molecular flexibility index (Phi) is 6.67. The minimum absolute atomic E-state index is 0.346. The standard InChI is InChI=1S/C24H22F3N5O/c1-15-5-6-16(13-22-29-31-32(14-25)30-22)7-12-19(15)17-8-10-18(11-9-17)28-24(33)20-3-2-4-21(26)23(20)27/h2-4,8-11,13H,5-7,12,14H2,1H3,(H,28,33). The molecule has 0 unspecified atom stereocenters. The number of alkyl halides is 1. The summed E-state index contributed by atoms with van der Waals surface area (Å²) in [7, 11) is 0. The molecular weight excluding hydrogens is 431 g/mol. The van der Waals surface area contributed by atoms with Crippen LogP contribution in [-0.4, -0.2) is 26.1 Å². The second-order valence-electron chi connectivity index (χ2n) is 7.83. The molecule has 0 radical (unpaired) electrons. The first kappa shape index (κ1) is 22.4. The van der Waals surface area contributed by atoms with E-state index in [2.05, 4.69) is 27.7 Å². The Bertz CT molecular complexity index is 1230.